The minimum Gasteiger partial charge on any atom is -0.313 e. The topological polar surface area (TPSA) is 15.3 Å². The number of hydrogen-bond acceptors (Lipinski definition) is 2. The standard InChI is InChI=1S/C12H24N2/c1-3-7-12(13-8-4-1)11-14-9-5-2-6-10-14/h12-13H,1-11H2. The van der Waals surface area contributed by atoms with Gasteiger partial charge in [0.05, 0.1) is 0 Å². The van der Waals surface area contributed by atoms with E-state index in [9.17, 15) is 0 Å². The highest BCUT2D eigenvalue weighted by Gasteiger charge is 2.16. The Hall–Kier alpha value is -0.0800. The molecule has 0 radical (unpaired) electrons. The highest BCUT2D eigenvalue weighted by atomic mass is 15.1. The van der Waals surface area contributed by atoms with Crippen molar-refractivity contribution >= 4 is 0 Å². The first-order valence-electron chi connectivity index (χ1n) is 6.41. The molecular weight excluding hydrogens is 172 g/mol. The quantitative estimate of drug-likeness (QED) is 0.727. The van der Waals surface area contributed by atoms with Crippen LogP contribution in [-0.4, -0.2) is 37.1 Å². The fraction of sp³-hybridized carbons (Fsp3) is 1.00. The van der Waals surface area contributed by atoms with Crippen LogP contribution in [-0.2, 0) is 0 Å². The SMILES string of the molecule is C1CCNC(CN2CCCCC2)CC1. The number of nitrogens with zero attached hydrogens (tertiary/aromatic N) is 1. The van der Waals surface area contributed by atoms with E-state index in [0.29, 0.717) is 0 Å². The minimum atomic E-state index is 0.788. The van der Waals surface area contributed by atoms with E-state index in [-0.39, 0.29) is 0 Å². The summed E-state index contributed by atoms with van der Waals surface area (Å²) in [4.78, 5) is 2.66. The van der Waals surface area contributed by atoms with Gasteiger partial charge in [0.25, 0.3) is 0 Å². The molecule has 0 amide bonds. The van der Waals surface area contributed by atoms with Gasteiger partial charge in [-0.25, -0.2) is 0 Å². The highest BCUT2D eigenvalue weighted by Crippen LogP contribution is 2.13. The number of rotatable bonds is 2. The highest BCUT2D eigenvalue weighted by molar-refractivity contribution is 4.76. The van der Waals surface area contributed by atoms with Crippen molar-refractivity contribution in [3.63, 3.8) is 0 Å². The number of piperidine rings is 1. The van der Waals surface area contributed by atoms with Gasteiger partial charge in [-0.3, -0.25) is 0 Å². The molecule has 0 aromatic rings. The molecule has 82 valence electrons. The van der Waals surface area contributed by atoms with Crippen LogP contribution in [0.25, 0.3) is 0 Å². The monoisotopic (exact) mass is 196 g/mol. The van der Waals surface area contributed by atoms with Crippen molar-refractivity contribution in [2.75, 3.05) is 26.2 Å². The second-order valence-electron chi connectivity index (χ2n) is 4.86. The summed E-state index contributed by atoms with van der Waals surface area (Å²) in [6, 6.07) is 0.788. The third-order valence-electron chi connectivity index (χ3n) is 3.59. The largest absolute Gasteiger partial charge is 0.313 e. The van der Waals surface area contributed by atoms with E-state index in [4.69, 9.17) is 0 Å². The summed E-state index contributed by atoms with van der Waals surface area (Å²) >= 11 is 0. The van der Waals surface area contributed by atoms with E-state index in [1.54, 1.807) is 0 Å². The van der Waals surface area contributed by atoms with E-state index >= 15 is 0 Å². The lowest BCUT2D eigenvalue weighted by Gasteiger charge is -2.30. The first kappa shape index (κ1) is 10.4. The van der Waals surface area contributed by atoms with Gasteiger partial charge in [0.15, 0.2) is 0 Å². The maximum atomic E-state index is 3.69. The van der Waals surface area contributed by atoms with Crippen LogP contribution in [0.2, 0.25) is 0 Å². The smallest absolute Gasteiger partial charge is 0.0195 e. The van der Waals surface area contributed by atoms with E-state index in [1.165, 1.54) is 71.1 Å². The molecule has 0 aromatic heterocycles. The molecule has 1 N–H and O–H groups in total. The van der Waals surface area contributed by atoms with Crippen LogP contribution < -0.4 is 5.32 Å². The summed E-state index contributed by atoms with van der Waals surface area (Å²) in [5.41, 5.74) is 0. The molecule has 2 heteroatoms. The molecule has 0 saturated carbocycles. The van der Waals surface area contributed by atoms with Crippen molar-refractivity contribution in [2.24, 2.45) is 0 Å². The van der Waals surface area contributed by atoms with Crippen molar-refractivity contribution in [3.05, 3.63) is 0 Å². The molecule has 2 aliphatic heterocycles. The van der Waals surface area contributed by atoms with Crippen LogP contribution in [0.4, 0.5) is 0 Å². The minimum absolute atomic E-state index is 0.788. The Morgan fingerprint density at radius 3 is 2.57 bits per heavy atom. The Morgan fingerprint density at radius 1 is 0.929 bits per heavy atom. The zero-order valence-electron chi connectivity index (χ0n) is 9.30. The molecule has 0 aliphatic carbocycles. The maximum absolute atomic E-state index is 3.69. The lowest BCUT2D eigenvalue weighted by Crippen LogP contribution is -2.42. The van der Waals surface area contributed by atoms with Crippen LogP contribution in [0.5, 0.6) is 0 Å². The summed E-state index contributed by atoms with van der Waals surface area (Å²) in [6.07, 6.45) is 9.95. The zero-order chi connectivity index (χ0) is 9.64. The van der Waals surface area contributed by atoms with Crippen molar-refractivity contribution < 1.29 is 0 Å². The lowest BCUT2D eigenvalue weighted by atomic mass is 10.1. The second kappa shape index (κ2) is 5.72. The zero-order valence-corrected chi connectivity index (χ0v) is 9.30. The van der Waals surface area contributed by atoms with Gasteiger partial charge in [-0.15, -0.1) is 0 Å². The van der Waals surface area contributed by atoms with Crippen LogP contribution in [0.1, 0.15) is 44.9 Å². The van der Waals surface area contributed by atoms with Gasteiger partial charge >= 0.3 is 0 Å². The van der Waals surface area contributed by atoms with Gasteiger partial charge in [0, 0.05) is 12.6 Å². The van der Waals surface area contributed by atoms with Crippen LogP contribution in [0.3, 0.4) is 0 Å². The molecule has 2 nitrogen and oxygen atoms in total. The molecule has 2 fully saturated rings. The lowest BCUT2D eigenvalue weighted by molar-refractivity contribution is 0.203. The summed E-state index contributed by atoms with van der Waals surface area (Å²) in [6.45, 7) is 5.24. The predicted molar refractivity (Wildman–Crippen MR) is 60.5 cm³/mol. The van der Waals surface area contributed by atoms with Gasteiger partial charge in [0.1, 0.15) is 0 Å². The third kappa shape index (κ3) is 3.25. The van der Waals surface area contributed by atoms with Gasteiger partial charge in [-0.05, 0) is 45.3 Å². The van der Waals surface area contributed by atoms with Crippen molar-refractivity contribution in [2.45, 2.75) is 51.0 Å². The van der Waals surface area contributed by atoms with Crippen molar-refractivity contribution in [1.82, 2.24) is 10.2 Å². The Balaban J connectivity index is 1.71. The summed E-state index contributed by atoms with van der Waals surface area (Å²) in [7, 11) is 0. The normalized spacial score (nSPS) is 31.3. The van der Waals surface area contributed by atoms with Crippen molar-refractivity contribution in [3.8, 4) is 0 Å². The molecule has 0 aromatic carbocycles. The van der Waals surface area contributed by atoms with E-state index < -0.39 is 0 Å². The summed E-state index contributed by atoms with van der Waals surface area (Å²) in [5.74, 6) is 0. The molecule has 1 unspecified atom stereocenters. The fourth-order valence-corrected chi connectivity index (χ4v) is 2.71. The Morgan fingerprint density at radius 2 is 1.71 bits per heavy atom. The predicted octanol–water partition coefficient (Wildman–Crippen LogP) is 2.00. The van der Waals surface area contributed by atoms with E-state index in [2.05, 4.69) is 10.2 Å². The maximum Gasteiger partial charge on any atom is 0.0195 e. The summed E-state index contributed by atoms with van der Waals surface area (Å²) in [5, 5.41) is 3.69. The van der Waals surface area contributed by atoms with Crippen LogP contribution in [0.15, 0.2) is 0 Å². The first-order chi connectivity index (χ1) is 6.95. The Labute approximate surface area is 88.1 Å². The molecule has 0 spiro atoms. The molecular formula is C12H24N2. The molecule has 2 aliphatic rings. The van der Waals surface area contributed by atoms with Gasteiger partial charge in [-0.2, -0.15) is 0 Å². The van der Waals surface area contributed by atoms with Crippen LogP contribution in [0, 0.1) is 0 Å². The van der Waals surface area contributed by atoms with Crippen molar-refractivity contribution in [1.29, 1.82) is 0 Å². The Bertz CT molecular complexity index is 144. The second-order valence-corrected chi connectivity index (χ2v) is 4.86. The molecule has 14 heavy (non-hydrogen) atoms. The molecule has 2 saturated heterocycles. The molecule has 2 heterocycles. The number of likely N-dealkylation sites (tertiary alicyclic amines) is 1. The fourth-order valence-electron chi connectivity index (χ4n) is 2.71. The molecule has 0 bridgehead atoms. The number of hydrogen-bond donors (Lipinski definition) is 1. The molecule has 2 rings (SSSR count). The van der Waals surface area contributed by atoms with Gasteiger partial charge in [-0.1, -0.05) is 19.3 Å². The number of nitrogens with one attached hydrogen (secondary N) is 1. The van der Waals surface area contributed by atoms with E-state index in [0.717, 1.165) is 6.04 Å². The average molecular weight is 196 g/mol. The van der Waals surface area contributed by atoms with Gasteiger partial charge < -0.3 is 10.2 Å². The third-order valence-corrected chi connectivity index (χ3v) is 3.59. The first-order valence-corrected chi connectivity index (χ1v) is 6.41. The van der Waals surface area contributed by atoms with E-state index in [1.807, 2.05) is 0 Å². The van der Waals surface area contributed by atoms with Crippen LogP contribution >= 0.6 is 0 Å². The van der Waals surface area contributed by atoms with Gasteiger partial charge in [0.2, 0.25) is 0 Å². The summed E-state index contributed by atoms with van der Waals surface area (Å²) < 4.78 is 0. The Kier molecular flexibility index (Phi) is 4.26. The average Bonchev–Trinajstić information content (AvgIpc) is 2.48. The molecule has 1 atom stereocenters.